The number of carbonyl (C=O) groups is 1. The smallest absolute Gasteiger partial charge is 0.313 e. The Labute approximate surface area is 94.5 Å². The minimum Gasteiger partial charge on any atom is -0.464 e. The van der Waals surface area contributed by atoms with Gasteiger partial charge in [-0.2, -0.15) is 0 Å². The molecule has 0 aliphatic heterocycles. The van der Waals surface area contributed by atoms with Gasteiger partial charge in [0.15, 0.2) is 0 Å². The lowest BCUT2D eigenvalue weighted by molar-refractivity contribution is -0.372. The van der Waals surface area contributed by atoms with Crippen LogP contribution in [0.3, 0.4) is 0 Å². The third-order valence-electron chi connectivity index (χ3n) is 2.42. The Morgan fingerprint density at radius 2 is 1.56 bits per heavy atom. The van der Waals surface area contributed by atoms with Gasteiger partial charge in [-0.1, -0.05) is 0 Å². The van der Waals surface area contributed by atoms with Gasteiger partial charge in [-0.15, -0.1) is 0 Å². The zero-order valence-corrected chi connectivity index (χ0v) is 10.0. The first-order valence-corrected chi connectivity index (χ1v) is 4.89. The van der Waals surface area contributed by atoms with Crippen molar-refractivity contribution in [2.75, 3.05) is 13.2 Å². The van der Waals surface area contributed by atoms with Gasteiger partial charge in [0.1, 0.15) is 6.61 Å². The molecular formula is C10H20O6. The minimum atomic E-state index is -2.93. The molecule has 4 N–H and O–H groups in total. The third-order valence-corrected chi connectivity index (χ3v) is 2.42. The average Bonchev–Trinajstić information content (AvgIpc) is 2.12. The lowest BCUT2D eigenvalue weighted by Gasteiger charge is -2.33. The number of aliphatic hydroxyl groups is 4. The van der Waals surface area contributed by atoms with Gasteiger partial charge in [0.05, 0.1) is 17.4 Å². The van der Waals surface area contributed by atoms with Crippen molar-refractivity contribution in [1.82, 2.24) is 0 Å². The van der Waals surface area contributed by atoms with E-state index in [-0.39, 0.29) is 13.2 Å². The highest BCUT2D eigenvalue weighted by atomic mass is 16.7. The first kappa shape index (κ1) is 15.3. The summed E-state index contributed by atoms with van der Waals surface area (Å²) in [5, 5.41) is 35.9. The number of esters is 1. The fraction of sp³-hybridized carbons (Fsp3) is 0.900. The van der Waals surface area contributed by atoms with Crippen LogP contribution in [0.5, 0.6) is 0 Å². The van der Waals surface area contributed by atoms with Crippen LogP contribution in [0.1, 0.15) is 27.7 Å². The number of ether oxygens (including phenoxy) is 1. The molecule has 0 atom stereocenters. The Hall–Kier alpha value is -0.690. The largest absolute Gasteiger partial charge is 0.464 e. The summed E-state index contributed by atoms with van der Waals surface area (Å²) in [6.07, 6.45) is 0. The second kappa shape index (κ2) is 4.67. The van der Waals surface area contributed by atoms with Crippen LogP contribution in [0.2, 0.25) is 0 Å². The monoisotopic (exact) mass is 236 g/mol. The van der Waals surface area contributed by atoms with E-state index in [1.54, 1.807) is 0 Å². The molecule has 0 bridgehead atoms. The molecule has 0 aromatic rings. The van der Waals surface area contributed by atoms with Crippen molar-refractivity contribution in [3.05, 3.63) is 0 Å². The maximum atomic E-state index is 11.4. The highest BCUT2D eigenvalue weighted by Gasteiger charge is 2.42. The van der Waals surface area contributed by atoms with E-state index >= 15 is 0 Å². The molecule has 0 fully saturated rings. The molecule has 6 heteroatoms. The number of carbonyl (C=O) groups excluding carboxylic acids is 1. The molecule has 0 aromatic carbocycles. The Kier molecular flexibility index (Phi) is 4.46. The fourth-order valence-corrected chi connectivity index (χ4v) is 0.603. The van der Waals surface area contributed by atoms with Crippen LogP contribution < -0.4 is 0 Å². The summed E-state index contributed by atoms with van der Waals surface area (Å²) in [7, 11) is 0. The molecule has 0 amide bonds. The van der Waals surface area contributed by atoms with Crippen molar-refractivity contribution in [3.8, 4) is 0 Å². The first-order valence-electron chi connectivity index (χ1n) is 4.89. The van der Waals surface area contributed by atoms with Crippen molar-refractivity contribution in [2.24, 2.45) is 10.8 Å². The molecule has 0 aliphatic rings. The van der Waals surface area contributed by atoms with E-state index in [1.807, 2.05) is 0 Å². The summed E-state index contributed by atoms with van der Waals surface area (Å²) in [6.45, 7) is 4.88. The second-order valence-electron chi connectivity index (χ2n) is 5.14. The third kappa shape index (κ3) is 3.71. The first-order chi connectivity index (χ1) is 6.94. The van der Waals surface area contributed by atoms with Crippen molar-refractivity contribution in [3.63, 3.8) is 0 Å². The molecule has 0 saturated carbocycles. The van der Waals surface area contributed by atoms with Crippen LogP contribution in [-0.4, -0.2) is 45.6 Å². The van der Waals surface area contributed by atoms with E-state index in [9.17, 15) is 4.79 Å². The number of hydrogen-bond donors (Lipinski definition) is 4. The quantitative estimate of drug-likeness (QED) is 0.368. The number of hydrogen-bond acceptors (Lipinski definition) is 6. The van der Waals surface area contributed by atoms with Crippen molar-refractivity contribution in [1.29, 1.82) is 0 Å². The Morgan fingerprint density at radius 1 is 1.12 bits per heavy atom. The van der Waals surface area contributed by atoms with E-state index in [0.717, 1.165) is 0 Å². The molecule has 16 heavy (non-hydrogen) atoms. The van der Waals surface area contributed by atoms with Gasteiger partial charge in [-0.05, 0) is 27.7 Å². The van der Waals surface area contributed by atoms with Crippen LogP contribution in [0.4, 0.5) is 0 Å². The molecule has 0 aromatic heterocycles. The van der Waals surface area contributed by atoms with E-state index < -0.39 is 22.8 Å². The molecular weight excluding hydrogens is 216 g/mol. The van der Waals surface area contributed by atoms with Crippen LogP contribution in [0.25, 0.3) is 0 Å². The lowest BCUT2D eigenvalue weighted by Crippen LogP contribution is -2.48. The summed E-state index contributed by atoms with van der Waals surface area (Å²) in [5.41, 5.74) is -2.48. The minimum absolute atomic E-state index is 0.376. The molecule has 0 rings (SSSR count). The van der Waals surface area contributed by atoms with Gasteiger partial charge in [0.2, 0.25) is 0 Å². The molecule has 0 aliphatic carbocycles. The lowest BCUT2D eigenvalue weighted by atomic mass is 9.91. The average molecular weight is 236 g/mol. The predicted molar refractivity (Wildman–Crippen MR) is 55.0 cm³/mol. The fourth-order valence-electron chi connectivity index (χ4n) is 0.603. The molecule has 0 spiro atoms. The van der Waals surface area contributed by atoms with Gasteiger partial charge in [-0.25, -0.2) is 0 Å². The standard InChI is InChI=1S/C10H20O6/c1-8(2,5-11)7(12)16-6-9(3,4)10(13,14)15/h11,13-15H,5-6H2,1-4H3. The summed E-state index contributed by atoms with van der Waals surface area (Å²) in [6, 6.07) is 0. The van der Waals surface area contributed by atoms with E-state index in [2.05, 4.69) is 0 Å². The van der Waals surface area contributed by atoms with Gasteiger partial charge in [-0.3, -0.25) is 4.79 Å². The highest BCUT2D eigenvalue weighted by molar-refractivity contribution is 5.76. The van der Waals surface area contributed by atoms with Crippen LogP contribution in [0.15, 0.2) is 0 Å². The maximum absolute atomic E-state index is 11.4. The Balaban J connectivity index is 4.43. The molecule has 6 nitrogen and oxygen atoms in total. The Bertz CT molecular complexity index is 251. The molecule has 96 valence electrons. The topological polar surface area (TPSA) is 107 Å². The van der Waals surface area contributed by atoms with Gasteiger partial charge >= 0.3 is 5.97 Å². The molecule has 0 unspecified atom stereocenters. The summed E-state index contributed by atoms with van der Waals surface area (Å²) < 4.78 is 4.81. The second-order valence-corrected chi connectivity index (χ2v) is 5.14. The zero-order valence-electron chi connectivity index (χ0n) is 10.0. The van der Waals surface area contributed by atoms with E-state index in [4.69, 9.17) is 25.2 Å². The molecule has 0 heterocycles. The molecule has 0 saturated heterocycles. The van der Waals surface area contributed by atoms with E-state index in [0.29, 0.717) is 0 Å². The van der Waals surface area contributed by atoms with Crippen molar-refractivity contribution >= 4 is 5.97 Å². The normalized spacial score (nSPS) is 13.8. The van der Waals surface area contributed by atoms with Crippen molar-refractivity contribution in [2.45, 2.75) is 33.7 Å². The molecule has 0 radical (unpaired) electrons. The van der Waals surface area contributed by atoms with Gasteiger partial charge in [0.25, 0.3) is 5.97 Å². The highest BCUT2D eigenvalue weighted by Crippen LogP contribution is 2.28. The zero-order chi connectivity index (χ0) is 13.2. The van der Waals surface area contributed by atoms with Crippen LogP contribution in [-0.2, 0) is 9.53 Å². The van der Waals surface area contributed by atoms with Crippen LogP contribution >= 0.6 is 0 Å². The van der Waals surface area contributed by atoms with Gasteiger partial charge in [0, 0.05) is 0 Å². The Morgan fingerprint density at radius 3 is 1.88 bits per heavy atom. The van der Waals surface area contributed by atoms with Crippen LogP contribution in [0, 0.1) is 10.8 Å². The number of rotatable bonds is 5. The summed E-state index contributed by atoms with van der Waals surface area (Å²) in [5.74, 6) is -3.61. The summed E-state index contributed by atoms with van der Waals surface area (Å²) >= 11 is 0. The SMILES string of the molecule is CC(C)(CO)C(=O)OCC(C)(C)C(O)(O)O. The van der Waals surface area contributed by atoms with E-state index in [1.165, 1.54) is 27.7 Å². The van der Waals surface area contributed by atoms with Gasteiger partial charge < -0.3 is 25.2 Å². The predicted octanol–water partition coefficient (Wildman–Crippen LogP) is -0.795. The maximum Gasteiger partial charge on any atom is 0.313 e. The number of aliphatic hydroxyl groups excluding tert-OH is 1. The summed E-state index contributed by atoms with van der Waals surface area (Å²) in [4.78, 5) is 11.4. The van der Waals surface area contributed by atoms with Crippen molar-refractivity contribution < 1.29 is 30.0 Å².